The maximum Gasteiger partial charge on any atom is 0.330 e. The van der Waals surface area contributed by atoms with E-state index >= 15 is 0 Å². The molecule has 115 heavy (non-hydrogen) atoms. The summed E-state index contributed by atoms with van der Waals surface area (Å²) in [5.41, 5.74) is 11.3. The van der Waals surface area contributed by atoms with E-state index < -0.39 is 22.2 Å². The molecule has 0 aliphatic rings. The first-order valence-corrected chi connectivity index (χ1v) is 38.7. The molecule has 0 saturated heterocycles. The van der Waals surface area contributed by atoms with Crippen molar-refractivity contribution in [2.75, 3.05) is 62.5 Å². The number of benzene rings is 7. The van der Waals surface area contributed by atoms with Crippen LogP contribution in [0.3, 0.4) is 0 Å². The molecule has 0 fully saturated rings. The van der Waals surface area contributed by atoms with E-state index in [0.717, 1.165) is 127 Å². The largest absolute Gasteiger partial charge is 0.508 e. The second-order valence-corrected chi connectivity index (χ2v) is 32.8. The van der Waals surface area contributed by atoms with Crippen molar-refractivity contribution in [2.24, 2.45) is 0 Å². The molecule has 0 aliphatic heterocycles. The summed E-state index contributed by atoms with van der Waals surface area (Å²) in [6.07, 6.45) is 8.13. The van der Waals surface area contributed by atoms with Crippen molar-refractivity contribution >= 4 is 36.4 Å². The Balaban J connectivity index is 0.000000673. The van der Waals surface area contributed by atoms with Crippen LogP contribution in [0.5, 0.6) is 46.0 Å². The first-order chi connectivity index (χ1) is 53.4. The van der Waals surface area contributed by atoms with E-state index in [1.54, 1.807) is 61.7 Å². The number of hydrogen-bond acceptors (Lipinski definition) is 18. The molecule has 3 N–H and O–H groups in total. The van der Waals surface area contributed by atoms with Crippen LogP contribution in [-0.4, -0.2) is 114 Å². The zero-order valence-corrected chi connectivity index (χ0v) is 74.2. The molecule has 0 amide bonds. The molecule has 0 heterocycles. The fourth-order valence-corrected chi connectivity index (χ4v) is 11.4. The van der Waals surface area contributed by atoms with Gasteiger partial charge in [0.15, 0.2) is 0 Å². The molecule has 7 rings (SSSR count). The average molecular weight is 1590 g/mol. The predicted molar refractivity (Wildman–Crippen MR) is 459 cm³/mol. The molecule has 0 saturated carbocycles. The van der Waals surface area contributed by atoms with Crippen LogP contribution in [0.1, 0.15) is 229 Å². The lowest BCUT2D eigenvalue weighted by molar-refractivity contribution is -0.145. The summed E-state index contributed by atoms with van der Waals surface area (Å²) in [6.45, 7) is 46.6. The first-order valence-electron chi connectivity index (χ1n) is 38.7. The van der Waals surface area contributed by atoms with Gasteiger partial charge >= 0.3 is 23.9 Å². The second-order valence-electron chi connectivity index (χ2n) is 32.8. The van der Waals surface area contributed by atoms with Gasteiger partial charge in [0.25, 0.3) is 0 Å². The van der Waals surface area contributed by atoms with Gasteiger partial charge < -0.3 is 67.5 Å². The number of methoxy groups -OCH3 is 6. The highest BCUT2D eigenvalue weighted by Crippen LogP contribution is 2.37. The van der Waals surface area contributed by atoms with Crippen LogP contribution in [0.15, 0.2) is 140 Å². The lowest BCUT2D eigenvalue weighted by Gasteiger charge is -2.25. The Labute approximate surface area is 687 Å². The van der Waals surface area contributed by atoms with Gasteiger partial charge in [0.1, 0.15) is 58.6 Å². The van der Waals surface area contributed by atoms with Crippen LogP contribution in [0, 0.1) is 52.9 Å². The van der Waals surface area contributed by atoms with Crippen molar-refractivity contribution in [1.82, 2.24) is 0 Å². The maximum atomic E-state index is 11.8. The molecule has 19 nitrogen and oxygen atoms in total. The number of carboxylic acids is 1. The van der Waals surface area contributed by atoms with Crippen molar-refractivity contribution in [3.8, 4) is 52.1 Å². The predicted octanol–water partition coefficient (Wildman–Crippen LogP) is 20.7. The number of ether oxygens (including phenoxy) is 9. The van der Waals surface area contributed by atoms with E-state index in [1.165, 1.54) is 12.1 Å². The number of nitriles is 1. The summed E-state index contributed by atoms with van der Waals surface area (Å²) in [6, 6.07) is 42.4. The third kappa shape index (κ3) is 37.0. The number of aliphatic carboxylic acids is 1. The van der Waals surface area contributed by atoms with Crippen LogP contribution >= 0.6 is 0 Å². The Morgan fingerprint density at radius 1 is 0.383 bits per heavy atom. The van der Waals surface area contributed by atoms with E-state index in [0.29, 0.717) is 38.2 Å². The fraction of sp³-hybridized carbons (Fsp3) is 0.469. The average Bonchev–Trinajstić information content (AvgIpc) is 0.915. The zero-order chi connectivity index (χ0) is 88.0. The number of carboxylic acid groups (broad SMARTS) is 1. The number of phenols is 2. The number of carbonyl (C=O) groups is 6. The minimum atomic E-state index is -0.787. The standard InChI is InChI=1S/C16H22O3.C16H24O3.C14H20O4.C13H18O3.C13H18O2.C12H15NO.C12H16O2/c1-6-19-15(17)7-8-16(3,4)13-9-12(2)10-14(11-13)18-5;1-6-7-19-15(17)11-16(3,4)13-8-12(2)9-14(10-13)18-5;1-4-5-18-13(17)9-14(2,3)10-6-11(15)8-12(16)7-10;1-9-5-10(7-11(6-9)16-4)13(2,3)8-12(14)15;1-10-7-11(9-12(8-10)15-4)13(2,3)5-6-14;2*1-9-5-10(12(2,3)8-13)7-11(6-9)14-4/h7-11H,6H2,1-5H3;8-10H,6-7,11H2,1-5H3;6-8,15-16H,4-5,9H2,1-3H3;5-7H,8H2,1-4H3,(H,14,15);6-9H,5H2,1-4H3;5-7H,1-4H3;5-8H,1-4H3/b8-7+;;;;;;. The Morgan fingerprint density at radius 3 is 0.965 bits per heavy atom. The molecule has 19 heteroatoms. The van der Waals surface area contributed by atoms with E-state index in [1.807, 2.05) is 208 Å². The summed E-state index contributed by atoms with van der Waals surface area (Å²) in [7, 11) is 9.85. The number of allylic oxidation sites excluding steroid dienone is 1. The van der Waals surface area contributed by atoms with Gasteiger partial charge in [0, 0.05) is 45.6 Å². The first kappa shape index (κ1) is 102. The molecule has 0 bridgehead atoms. The Kier molecular flexibility index (Phi) is 42.7. The number of hydrogen-bond donors (Lipinski definition) is 3. The smallest absolute Gasteiger partial charge is 0.330 e. The number of carbonyl (C=O) groups excluding carboxylic acids is 5. The fourth-order valence-electron chi connectivity index (χ4n) is 11.4. The summed E-state index contributed by atoms with van der Waals surface area (Å²) >= 11 is 0. The molecule has 0 aliphatic carbocycles. The molecule has 0 aromatic heterocycles. The van der Waals surface area contributed by atoms with Gasteiger partial charge in [0.2, 0.25) is 0 Å². The summed E-state index contributed by atoms with van der Waals surface area (Å²) < 4.78 is 46.4. The van der Waals surface area contributed by atoms with Gasteiger partial charge in [-0.25, -0.2) is 4.79 Å². The van der Waals surface area contributed by atoms with Gasteiger partial charge in [-0.1, -0.05) is 126 Å². The quantitative estimate of drug-likeness (QED) is 0.0170. The van der Waals surface area contributed by atoms with Crippen LogP contribution < -0.4 is 28.4 Å². The van der Waals surface area contributed by atoms with Gasteiger partial charge in [0.05, 0.1) is 93.2 Å². The number of aromatic hydroxyl groups is 2. The number of rotatable bonds is 29. The van der Waals surface area contributed by atoms with E-state index in [4.69, 9.17) is 53.0 Å². The van der Waals surface area contributed by atoms with Crippen molar-refractivity contribution in [1.29, 1.82) is 5.26 Å². The van der Waals surface area contributed by atoms with Crippen LogP contribution in [0.25, 0.3) is 0 Å². The monoisotopic (exact) mass is 1590 g/mol. The maximum absolute atomic E-state index is 11.8. The molecule has 0 radical (unpaired) electrons. The molecule has 630 valence electrons. The Bertz CT molecular complexity index is 4320. The van der Waals surface area contributed by atoms with E-state index in [9.17, 15) is 39.0 Å². The SMILES string of the molecule is CCCOC(=O)CC(C)(C)c1cc(C)cc(OC)c1.CCCOC(=O)CC(C)(C)c1cc(O)cc(O)c1.CCOC(=O)/C=C/C(C)(C)c1cc(C)cc(OC)c1.COc1cc(C)cc(C(C)(C)C#N)c1.COc1cc(C)cc(C(C)(C)C=O)c1.COc1cc(C)cc(C(C)(C)CC(=O)O)c1.COc1cc(C)cc(C(C)(C)CC=O)c1. The van der Waals surface area contributed by atoms with E-state index in [-0.39, 0.29) is 63.9 Å². The second kappa shape index (κ2) is 47.9. The highest BCUT2D eigenvalue weighted by molar-refractivity contribution is 5.82. The highest BCUT2D eigenvalue weighted by Gasteiger charge is 2.30. The Morgan fingerprint density at radius 2 is 0.670 bits per heavy atom. The summed E-state index contributed by atoms with van der Waals surface area (Å²) in [4.78, 5) is 67.1. The third-order valence-corrected chi connectivity index (χ3v) is 18.7. The van der Waals surface area contributed by atoms with Crippen molar-refractivity contribution < 1.29 is 86.7 Å². The van der Waals surface area contributed by atoms with Crippen LogP contribution in [0.2, 0.25) is 0 Å². The van der Waals surface area contributed by atoms with Crippen LogP contribution in [-0.2, 0) is 80.9 Å². The molecular formula is C96H133NO18. The van der Waals surface area contributed by atoms with Crippen LogP contribution in [0.4, 0.5) is 0 Å². The van der Waals surface area contributed by atoms with Crippen molar-refractivity contribution in [3.05, 3.63) is 212 Å². The summed E-state index contributed by atoms with van der Waals surface area (Å²) in [5, 5.41) is 36.8. The van der Waals surface area contributed by atoms with E-state index in [2.05, 4.69) is 65.8 Å². The number of phenolic OH excluding ortho intramolecular Hbond substituents is 2. The minimum absolute atomic E-state index is 0.0139. The molecule has 0 unspecified atom stereocenters. The molecule has 0 spiro atoms. The van der Waals surface area contributed by atoms with Gasteiger partial charge in [-0.05, 0) is 252 Å². The third-order valence-electron chi connectivity index (χ3n) is 18.7. The Hall–Kier alpha value is -10.6. The lowest BCUT2D eigenvalue weighted by atomic mass is 9.81. The highest BCUT2D eigenvalue weighted by atomic mass is 16.5. The van der Waals surface area contributed by atoms with Gasteiger partial charge in [-0.15, -0.1) is 0 Å². The topological polar surface area (TPSA) is 270 Å². The molecule has 7 aromatic rings. The number of nitrogens with zero attached hydrogens (tertiary/aromatic N) is 1. The summed E-state index contributed by atoms with van der Waals surface area (Å²) in [5.74, 6) is 3.34. The van der Waals surface area contributed by atoms with Gasteiger partial charge in [-0.2, -0.15) is 5.26 Å². The van der Waals surface area contributed by atoms with Gasteiger partial charge in [-0.3, -0.25) is 14.4 Å². The molecule has 0 atom stereocenters. The lowest BCUT2D eigenvalue weighted by Crippen LogP contribution is -2.23. The normalized spacial score (nSPS) is 11.2. The zero-order valence-electron chi connectivity index (χ0n) is 74.2. The number of aryl methyl sites for hydroxylation is 6. The molecular weight excluding hydrogens is 1460 g/mol. The van der Waals surface area contributed by atoms with Crippen molar-refractivity contribution in [3.63, 3.8) is 0 Å². The number of aldehydes is 2. The minimum Gasteiger partial charge on any atom is -0.508 e. The number of esters is 3. The molecule has 7 aromatic carbocycles. The van der Waals surface area contributed by atoms with Crippen molar-refractivity contribution in [2.45, 2.75) is 236 Å².